The molecule has 2 heterocycles. The predicted octanol–water partition coefficient (Wildman–Crippen LogP) is 7.87. The highest BCUT2D eigenvalue weighted by molar-refractivity contribution is 5.67. The summed E-state index contributed by atoms with van der Waals surface area (Å²) in [6.45, 7) is 10.9. The van der Waals surface area contributed by atoms with E-state index in [0.29, 0.717) is 46.1 Å². The monoisotopic (exact) mass is 672 g/mol. The van der Waals surface area contributed by atoms with Gasteiger partial charge in [-0.1, -0.05) is 66.7 Å². The molecule has 0 radical (unpaired) electrons. The van der Waals surface area contributed by atoms with Gasteiger partial charge in [0.2, 0.25) is 0 Å². The minimum atomic E-state index is -0.519. The Morgan fingerprint density at radius 2 is 1.61 bits per heavy atom. The van der Waals surface area contributed by atoms with E-state index in [4.69, 9.17) is 24.0 Å². The summed E-state index contributed by atoms with van der Waals surface area (Å²) in [7, 11) is 3.88. The van der Waals surface area contributed by atoms with Gasteiger partial charge in [-0.2, -0.15) is 5.10 Å². The summed E-state index contributed by atoms with van der Waals surface area (Å²) in [5.74, 6) is 0. The van der Waals surface area contributed by atoms with Crippen molar-refractivity contribution in [3.05, 3.63) is 95.3 Å². The summed E-state index contributed by atoms with van der Waals surface area (Å²) in [6, 6.07) is 20.7. The number of hydrogen-bond acceptors (Lipinski definition) is 7. The fraction of sp³-hybridized carbons (Fsp3) is 0.550. The summed E-state index contributed by atoms with van der Waals surface area (Å²) in [5, 5.41) is 5.18. The van der Waals surface area contributed by atoms with Crippen LogP contribution in [0.1, 0.15) is 87.9 Å². The summed E-state index contributed by atoms with van der Waals surface area (Å²) >= 11 is 0. The van der Waals surface area contributed by atoms with Gasteiger partial charge in [-0.05, 0) is 83.0 Å². The van der Waals surface area contributed by atoms with Crippen molar-refractivity contribution in [2.75, 3.05) is 47.0 Å². The fourth-order valence-corrected chi connectivity index (χ4v) is 6.40. The number of aromatic nitrogens is 2. The fourth-order valence-electron chi connectivity index (χ4n) is 6.40. The van der Waals surface area contributed by atoms with Crippen LogP contribution in [0, 0.1) is 5.41 Å². The molecule has 49 heavy (non-hydrogen) atoms. The van der Waals surface area contributed by atoms with E-state index >= 15 is 0 Å². The maximum absolute atomic E-state index is 12.5. The normalized spacial score (nSPS) is 17.9. The molecule has 1 saturated heterocycles. The van der Waals surface area contributed by atoms with Crippen molar-refractivity contribution in [1.29, 1.82) is 0 Å². The van der Waals surface area contributed by atoms with E-state index < -0.39 is 5.60 Å². The molecule has 1 aliphatic carbocycles. The molecule has 9 nitrogen and oxygen atoms in total. The summed E-state index contributed by atoms with van der Waals surface area (Å²) in [5.41, 5.74) is 5.21. The number of ether oxygens (including phenoxy) is 4. The molecule has 0 N–H and O–H groups in total. The molecule has 0 bridgehead atoms. The van der Waals surface area contributed by atoms with E-state index in [0.717, 1.165) is 50.8 Å². The first-order valence-electron chi connectivity index (χ1n) is 17.8. The molecule has 1 unspecified atom stereocenters. The van der Waals surface area contributed by atoms with Crippen LogP contribution in [0.3, 0.4) is 0 Å². The average molecular weight is 673 g/mol. The van der Waals surface area contributed by atoms with Crippen molar-refractivity contribution in [2.24, 2.45) is 5.41 Å². The van der Waals surface area contributed by atoms with Gasteiger partial charge in [0.15, 0.2) is 0 Å². The third-order valence-electron chi connectivity index (χ3n) is 9.27. The minimum Gasteiger partial charge on any atom is -0.444 e. The lowest BCUT2D eigenvalue weighted by Gasteiger charge is -2.36. The topological polar surface area (TPSA) is 78.3 Å². The lowest BCUT2D eigenvalue weighted by Crippen LogP contribution is -2.38. The van der Waals surface area contributed by atoms with Gasteiger partial charge in [-0.15, -0.1) is 0 Å². The van der Waals surface area contributed by atoms with Crippen LogP contribution in [-0.4, -0.2) is 78.3 Å². The second-order valence-electron chi connectivity index (χ2n) is 14.8. The first-order valence-corrected chi connectivity index (χ1v) is 17.8. The standard InChI is InChI=1S/C40H56N4O5/c1-39(2,3)49-38(45)43(5)24-23-42(4)26-35-27-44(36-18-12-13-25-48-36)41-37(35)34-19-21-40(22-20-34,30-46-28-32-14-8-6-9-15-32)31-47-29-33-16-10-7-11-17-33/h6-11,14-17,19,27,36H,12-13,18,20-26,28-31H2,1-5H3. The van der Waals surface area contributed by atoms with Gasteiger partial charge in [0.25, 0.3) is 0 Å². The van der Waals surface area contributed by atoms with Crippen molar-refractivity contribution < 1.29 is 23.7 Å². The van der Waals surface area contributed by atoms with Crippen LogP contribution in [0.4, 0.5) is 4.79 Å². The molecule has 2 aromatic carbocycles. The van der Waals surface area contributed by atoms with Gasteiger partial charge in [0.1, 0.15) is 11.8 Å². The van der Waals surface area contributed by atoms with Gasteiger partial charge in [0, 0.05) is 50.5 Å². The number of allylic oxidation sites excluding steroid dienone is 2. The smallest absolute Gasteiger partial charge is 0.410 e. The lowest BCUT2D eigenvalue weighted by atomic mass is 9.75. The summed E-state index contributed by atoms with van der Waals surface area (Å²) in [4.78, 5) is 16.4. The number of rotatable bonds is 15. The molecule has 1 fully saturated rings. The number of likely N-dealkylation sites (N-methyl/N-ethyl adjacent to an activating group) is 2. The third kappa shape index (κ3) is 11.3. The Kier molecular flexibility index (Phi) is 13.1. The Bertz CT molecular complexity index is 1430. The van der Waals surface area contributed by atoms with Gasteiger partial charge < -0.3 is 28.7 Å². The second-order valence-corrected chi connectivity index (χ2v) is 14.8. The molecule has 266 valence electrons. The summed E-state index contributed by atoms with van der Waals surface area (Å²) in [6.07, 6.45) is 10.1. The maximum Gasteiger partial charge on any atom is 0.410 e. The van der Waals surface area contributed by atoms with Crippen molar-refractivity contribution in [3.63, 3.8) is 0 Å². The Labute approximate surface area is 293 Å². The average Bonchev–Trinajstić information content (AvgIpc) is 3.51. The highest BCUT2D eigenvalue weighted by atomic mass is 16.6. The van der Waals surface area contributed by atoms with Crippen molar-refractivity contribution in [2.45, 2.75) is 90.9 Å². The van der Waals surface area contributed by atoms with Crippen molar-refractivity contribution in [1.82, 2.24) is 19.6 Å². The van der Waals surface area contributed by atoms with Crippen LogP contribution in [0.25, 0.3) is 5.57 Å². The number of benzene rings is 2. The SMILES string of the molecule is CN(CCN(C)C(=O)OC(C)(C)C)Cc1cn(C2CCCCO2)nc1C1=CCC(COCc2ccccc2)(COCc2ccccc2)CC1. The van der Waals surface area contributed by atoms with E-state index in [2.05, 4.69) is 72.8 Å². The van der Waals surface area contributed by atoms with Crippen LogP contribution >= 0.6 is 0 Å². The second kappa shape index (κ2) is 17.4. The van der Waals surface area contributed by atoms with Crippen LogP contribution < -0.4 is 0 Å². The molecule has 1 aromatic heterocycles. The zero-order chi connectivity index (χ0) is 34.7. The highest BCUT2D eigenvalue weighted by Crippen LogP contribution is 2.41. The quantitative estimate of drug-likeness (QED) is 0.163. The molecule has 0 spiro atoms. The van der Waals surface area contributed by atoms with Crippen LogP contribution in [-0.2, 0) is 38.7 Å². The Morgan fingerprint density at radius 1 is 0.959 bits per heavy atom. The van der Waals surface area contributed by atoms with E-state index in [1.807, 2.05) is 37.6 Å². The van der Waals surface area contributed by atoms with Gasteiger partial charge in [-0.3, -0.25) is 0 Å². The molecule has 3 aromatic rings. The van der Waals surface area contributed by atoms with Crippen molar-refractivity contribution >= 4 is 11.7 Å². The molecule has 2 aliphatic rings. The Morgan fingerprint density at radius 3 is 2.16 bits per heavy atom. The minimum absolute atomic E-state index is 0.0362. The van der Waals surface area contributed by atoms with Crippen LogP contribution in [0.2, 0.25) is 0 Å². The highest BCUT2D eigenvalue weighted by Gasteiger charge is 2.35. The number of amides is 1. The molecule has 0 saturated carbocycles. The zero-order valence-electron chi connectivity index (χ0n) is 30.2. The Balaban J connectivity index is 1.29. The lowest BCUT2D eigenvalue weighted by molar-refractivity contribution is -0.0397. The van der Waals surface area contributed by atoms with Gasteiger partial charge in [-0.25, -0.2) is 9.48 Å². The first kappa shape index (κ1) is 36.8. The zero-order valence-corrected chi connectivity index (χ0v) is 30.2. The molecular weight excluding hydrogens is 616 g/mol. The molecule has 5 rings (SSSR count). The van der Waals surface area contributed by atoms with Gasteiger partial charge in [0.05, 0.1) is 32.1 Å². The first-order chi connectivity index (χ1) is 23.6. The number of nitrogens with zero attached hydrogens (tertiary/aromatic N) is 4. The third-order valence-corrected chi connectivity index (χ3v) is 9.27. The number of hydrogen-bond donors (Lipinski definition) is 0. The number of carbonyl (C=O) groups excluding carboxylic acids is 1. The van der Waals surface area contributed by atoms with E-state index in [9.17, 15) is 4.79 Å². The van der Waals surface area contributed by atoms with E-state index in [1.165, 1.54) is 22.3 Å². The Hall–Kier alpha value is -3.50. The van der Waals surface area contributed by atoms with E-state index in [-0.39, 0.29) is 17.7 Å². The molecule has 1 aliphatic heterocycles. The largest absolute Gasteiger partial charge is 0.444 e. The molecule has 1 atom stereocenters. The van der Waals surface area contributed by atoms with Crippen LogP contribution in [0.5, 0.6) is 0 Å². The maximum atomic E-state index is 12.5. The van der Waals surface area contributed by atoms with E-state index in [1.54, 1.807) is 11.9 Å². The van der Waals surface area contributed by atoms with Gasteiger partial charge >= 0.3 is 6.09 Å². The van der Waals surface area contributed by atoms with Crippen molar-refractivity contribution in [3.8, 4) is 0 Å². The molecule has 9 heteroatoms. The molecule has 1 amide bonds. The number of carbonyl (C=O) groups is 1. The molecular formula is C40H56N4O5. The predicted molar refractivity (Wildman–Crippen MR) is 193 cm³/mol. The summed E-state index contributed by atoms with van der Waals surface area (Å²) < 4.78 is 26.5. The van der Waals surface area contributed by atoms with Crippen LogP contribution in [0.15, 0.2) is 72.9 Å².